The van der Waals surface area contributed by atoms with Gasteiger partial charge in [-0.25, -0.2) is 4.98 Å². The van der Waals surface area contributed by atoms with Crippen molar-refractivity contribution in [2.24, 2.45) is 5.92 Å². The van der Waals surface area contributed by atoms with Crippen molar-refractivity contribution in [3.8, 4) is 0 Å². The van der Waals surface area contributed by atoms with Crippen LogP contribution in [0.25, 0.3) is 0 Å². The van der Waals surface area contributed by atoms with Crippen LogP contribution in [0.3, 0.4) is 0 Å². The molecule has 0 aliphatic carbocycles. The number of pyridine rings is 1. The Labute approximate surface area is 132 Å². The summed E-state index contributed by atoms with van der Waals surface area (Å²) < 4.78 is 15.6. The fourth-order valence-electron chi connectivity index (χ4n) is 1.73. The second-order valence-corrected chi connectivity index (χ2v) is 5.09. The van der Waals surface area contributed by atoms with E-state index in [1.807, 2.05) is 13.8 Å². The molecule has 1 N–H and O–H groups in total. The molecule has 1 aromatic heterocycles. The first-order chi connectivity index (χ1) is 10.6. The number of methoxy groups -OCH3 is 1. The molecule has 1 heterocycles. The average molecular weight is 310 g/mol. The number of nitrogens with one attached hydrogen (secondary N) is 1. The lowest BCUT2D eigenvalue weighted by atomic mass is 10.0. The van der Waals surface area contributed by atoms with Crippen LogP contribution in [0.5, 0.6) is 0 Å². The molecule has 0 saturated carbocycles. The highest BCUT2D eigenvalue weighted by molar-refractivity contribution is 5.97. The normalized spacial score (nSPS) is 10.9. The lowest BCUT2D eigenvalue weighted by Crippen LogP contribution is -2.14. The van der Waals surface area contributed by atoms with E-state index in [1.54, 1.807) is 25.4 Å². The minimum atomic E-state index is -0.0170. The summed E-state index contributed by atoms with van der Waals surface area (Å²) in [5, 5.41) is 3.14. The number of hydrogen-bond acceptors (Lipinski definition) is 6. The van der Waals surface area contributed by atoms with Crippen LogP contribution in [0.15, 0.2) is 18.3 Å². The molecular formula is C16H26N2O4. The Morgan fingerprint density at radius 3 is 2.55 bits per heavy atom. The molecule has 0 fully saturated rings. The van der Waals surface area contributed by atoms with Gasteiger partial charge in [0, 0.05) is 31.3 Å². The van der Waals surface area contributed by atoms with Crippen molar-refractivity contribution in [2.75, 3.05) is 52.0 Å². The average Bonchev–Trinajstić information content (AvgIpc) is 2.52. The van der Waals surface area contributed by atoms with Gasteiger partial charge in [0.05, 0.1) is 33.0 Å². The summed E-state index contributed by atoms with van der Waals surface area (Å²) in [4.78, 5) is 16.1. The van der Waals surface area contributed by atoms with Crippen LogP contribution >= 0.6 is 0 Å². The van der Waals surface area contributed by atoms with Crippen molar-refractivity contribution in [3.63, 3.8) is 0 Å². The molecular weight excluding hydrogens is 284 g/mol. The van der Waals surface area contributed by atoms with Gasteiger partial charge in [-0.15, -0.1) is 0 Å². The predicted molar refractivity (Wildman–Crippen MR) is 85.4 cm³/mol. The number of ether oxygens (including phenoxy) is 3. The summed E-state index contributed by atoms with van der Waals surface area (Å²) in [5.74, 6) is 0.790. The summed E-state index contributed by atoms with van der Waals surface area (Å²) in [6, 6.07) is 3.51. The molecule has 22 heavy (non-hydrogen) atoms. The zero-order chi connectivity index (χ0) is 16.2. The lowest BCUT2D eigenvalue weighted by Gasteiger charge is -2.09. The smallest absolute Gasteiger partial charge is 0.165 e. The highest BCUT2D eigenvalue weighted by Gasteiger charge is 2.10. The maximum absolute atomic E-state index is 11.9. The summed E-state index contributed by atoms with van der Waals surface area (Å²) in [6.45, 7) is 7.24. The van der Waals surface area contributed by atoms with Gasteiger partial charge < -0.3 is 19.5 Å². The van der Waals surface area contributed by atoms with Crippen molar-refractivity contribution >= 4 is 11.6 Å². The van der Waals surface area contributed by atoms with Crippen LogP contribution < -0.4 is 5.32 Å². The maximum Gasteiger partial charge on any atom is 0.165 e. The molecule has 0 atom stereocenters. The number of Topliss-reactive ketones (excluding diaryl/α,β-unsaturated/α-hetero) is 1. The van der Waals surface area contributed by atoms with E-state index in [0.717, 1.165) is 0 Å². The second kappa shape index (κ2) is 11.1. The van der Waals surface area contributed by atoms with E-state index in [4.69, 9.17) is 14.2 Å². The summed E-state index contributed by atoms with van der Waals surface area (Å²) in [5.41, 5.74) is 0.681. The van der Waals surface area contributed by atoms with E-state index in [-0.39, 0.29) is 11.7 Å². The zero-order valence-corrected chi connectivity index (χ0v) is 13.6. The Morgan fingerprint density at radius 1 is 1.18 bits per heavy atom. The molecule has 0 amide bonds. The molecule has 0 spiro atoms. The topological polar surface area (TPSA) is 69.7 Å². The number of nitrogens with zero attached hydrogens (tertiary/aromatic N) is 1. The first-order valence-corrected chi connectivity index (χ1v) is 7.53. The Balaban J connectivity index is 2.17. The Bertz CT molecular complexity index is 438. The molecule has 0 aromatic carbocycles. The van der Waals surface area contributed by atoms with E-state index in [2.05, 4.69) is 10.3 Å². The number of aromatic nitrogens is 1. The van der Waals surface area contributed by atoms with E-state index in [9.17, 15) is 4.79 Å². The van der Waals surface area contributed by atoms with E-state index < -0.39 is 0 Å². The van der Waals surface area contributed by atoms with Crippen LogP contribution in [0, 0.1) is 5.92 Å². The fourth-order valence-corrected chi connectivity index (χ4v) is 1.73. The van der Waals surface area contributed by atoms with Crippen LogP contribution in [0.1, 0.15) is 24.2 Å². The summed E-state index contributed by atoms with van der Waals surface area (Å²) >= 11 is 0. The standard InChI is InChI=1S/C16H26N2O4/c1-13(2)16(19)14-4-5-17-15(12-14)18-6-7-21-10-11-22-9-8-20-3/h4-5,12-13H,6-11H2,1-3H3,(H,17,18). The van der Waals surface area contributed by atoms with Crippen molar-refractivity contribution in [1.29, 1.82) is 0 Å². The van der Waals surface area contributed by atoms with Gasteiger partial charge in [0.1, 0.15) is 5.82 Å². The summed E-state index contributed by atoms with van der Waals surface area (Å²) in [6.07, 6.45) is 1.64. The first-order valence-electron chi connectivity index (χ1n) is 7.53. The fraction of sp³-hybridized carbons (Fsp3) is 0.625. The molecule has 0 saturated heterocycles. The maximum atomic E-state index is 11.9. The van der Waals surface area contributed by atoms with Crippen molar-refractivity contribution in [2.45, 2.75) is 13.8 Å². The Hall–Kier alpha value is -1.50. The molecule has 0 radical (unpaired) electrons. The van der Waals surface area contributed by atoms with Crippen LogP contribution in [-0.4, -0.2) is 57.5 Å². The third-order valence-electron chi connectivity index (χ3n) is 2.93. The van der Waals surface area contributed by atoms with Gasteiger partial charge in [-0.05, 0) is 12.1 Å². The number of carbonyl (C=O) groups is 1. The molecule has 1 aromatic rings. The number of rotatable bonds is 12. The van der Waals surface area contributed by atoms with E-state index >= 15 is 0 Å². The van der Waals surface area contributed by atoms with Gasteiger partial charge >= 0.3 is 0 Å². The Morgan fingerprint density at radius 2 is 1.86 bits per heavy atom. The molecule has 6 heteroatoms. The molecule has 6 nitrogen and oxygen atoms in total. The minimum absolute atomic E-state index is 0.0170. The minimum Gasteiger partial charge on any atom is -0.382 e. The Kier molecular flexibility index (Phi) is 9.37. The number of hydrogen-bond donors (Lipinski definition) is 1. The molecule has 0 bridgehead atoms. The zero-order valence-electron chi connectivity index (χ0n) is 13.6. The highest BCUT2D eigenvalue weighted by atomic mass is 16.5. The molecule has 0 aliphatic heterocycles. The van der Waals surface area contributed by atoms with Crippen molar-refractivity contribution in [1.82, 2.24) is 4.98 Å². The van der Waals surface area contributed by atoms with Gasteiger partial charge in [-0.3, -0.25) is 4.79 Å². The van der Waals surface area contributed by atoms with Gasteiger partial charge in [0.25, 0.3) is 0 Å². The number of carbonyl (C=O) groups excluding carboxylic acids is 1. The third-order valence-corrected chi connectivity index (χ3v) is 2.93. The van der Waals surface area contributed by atoms with Crippen molar-refractivity contribution in [3.05, 3.63) is 23.9 Å². The van der Waals surface area contributed by atoms with Gasteiger partial charge in [0.15, 0.2) is 5.78 Å². The predicted octanol–water partition coefficient (Wildman–Crippen LogP) is 2.01. The SMILES string of the molecule is COCCOCCOCCNc1cc(C(=O)C(C)C)ccn1. The molecule has 0 aliphatic rings. The monoisotopic (exact) mass is 310 g/mol. The molecule has 1 rings (SSSR count). The van der Waals surface area contributed by atoms with Crippen LogP contribution in [-0.2, 0) is 14.2 Å². The molecule has 124 valence electrons. The van der Waals surface area contributed by atoms with Gasteiger partial charge in [-0.2, -0.15) is 0 Å². The molecule has 0 unspecified atom stereocenters. The number of anilines is 1. The number of ketones is 1. The second-order valence-electron chi connectivity index (χ2n) is 5.09. The summed E-state index contributed by atoms with van der Waals surface area (Å²) in [7, 11) is 1.64. The van der Waals surface area contributed by atoms with E-state index in [0.29, 0.717) is 51.0 Å². The quantitative estimate of drug-likeness (QED) is 0.470. The highest BCUT2D eigenvalue weighted by Crippen LogP contribution is 2.11. The van der Waals surface area contributed by atoms with Gasteiger partial charge in [-0.1, -0.05) is 13.8 Å². The first kappa shape index (κ1) is 18.5. The van der Waals surface area contributed by atoms with Crippen LogP contribution in [0.2, 0.25) is 0 Å². The lowest BCUT2D eigenvalue weighted by molar-refractivity contribution is 0.0272. The van der Waals surface area contributed by atoms with Gasteiger partial charge in [0.2, 0.25) is 0 Å². The van der Waals surface area contributed by atoms with Crippen molar-refractivity contribution < 1.29 is 19.0 Å². The van der Waals surface area contributed by atoms with Crippen LogP contribution in [0.4, 0.5) is 5.82 Å². The largest absolute Gasteiger partial charge is 0.382 e. The van der Waals surface area contributed by atoms with E-state index in [1.165, 1.54) is 0 Å². The third kappa shape index (κ3) is 7.49.